The van der Waals surface area contributed by atoms with Crippen LogP contribution in [0, 0.1) is 5.92 Å². The molecule has 3 aliphatic rings. The van der Waals surface area contributed by atoms with E-state index in [0.29, 0.717) is 26.1 Å². The number of rotatable bonds is 7. The summed E-state index contributed by atoms with van der Waals surface area (Å²) in [5, 5.41) is 0. The summed E-state index contributed by atoms with van der Waals surface area (Å²) in [5.41, 5.74) is 8.43. The van der Waals surface area contributed by atoms with Crippen molar-refractivity contribution >= 4 is 35.8 Å². The van der Waals surface area contributed by atoms with Crippen molar-refractivity contribution in [3.8, 4) is 0 Å². The van der Waals surface area contributed by atoms with Crippen LogP contribution in [-0.2, 0) is 26.2 Å². The molecule has 0 aliphatic carbocycles. The number of anilines is 1. The molecule has 0 aromatic heterocycles. The third-order valence-electron chi connectivity index (χ3n) is 8.86. The minimum Gasteiger partial charge on any atom is -0.369 e. The number of carbonyl (C=O) groups excluding carboxylic acids is 3. The zero-order chi connectivity index (χ0) is 26.9. The van der Waals surface area contributed by atoms with Crippen LogP contribution in [0.3, 0.4) is 0 Å². The van der Waals surface area contributed by atoms with Crippen molar-refractivity contribution in [3.05, 3.63) is 65.7 Å². The summed E-state index contributed by atoms with van der Waals surface area (Å²) in [7, 11) is 0. The number of hydrogen-bond donors (Lipinski definition) is 1. The number of para-hydroxylation sites is 1. The topological polar surface area (TPSA) is 87.0 Å². The Kier molecular flexibility index (Phi) is 9.02. The van der Waals surface area contributed by atoms with E-state index in [9.17, 15) is 14.4 Å². The van der Waals surface area contributed by atoms with Crippen LogP contribution in [0.4, 0.5) is 5.69 Å². The van der Waals surface area contributed by atoms with E-state index in [1.165, 1.54) is 5.56 Å². The molecule has 0 spiro atoms. The van der Waals surface area contributed by atoms with Crippen molar-refractivity contribution in [2.24, 2.45) is 11.7 Å². The smallest absolute Gasteiger partial charge is 0.239 e. The lowest BCUT2D eigenvalue weighted by molar-refractivity contribution is -0.140. The number of nitrogens with two attached hydrogens (primary N) is 1. The average Bonchev–Trinajstić information content (AvgIpc) is 3.14. The van der Waals surface area contributed by atoms with Gasteiger partial charge in [0.25, 0.3) is 0 Å². The van der Waals surface area contributed by atoms with E-state index in [4.69, 9.17) is 5.73 Å². The second kappa shape index (κ2) is 12.1. The van der Waals surface area contributed by atoms with Gasteiger partial charge in [0.15, 0.2) is 0 Å². The molecule has 2 atom stereocenters. The van der Waals surface area contributed by atoms with Crippen molar-refractivity contribution in [3.63, 3.8) is 0 Å². The van der Waals surface area contributed by atoms with Gasteiger partial charge in [-0.3, -0.25) is 19.3 Å². The summed E-state index contributed by atoms with van der Waals surface area (Å²) in [5.74, 6) is -0.192. The SMILES string of the molecule is CC1(C)C(=O)N(C2CCN(C(=O)[C@H](CCc3ccccc3)N3CCCC(C(N)=O)C3)CC2)c2ccccc21.Cl. The van der Waals surface area contributed by atoms with E-state index in [0.717, 1.165) is 49.9 Å². The Labute approximate surface area is 238 Å². The van der Waals surface area contributed by atoms with Crippen LogP contribution >= 0.6 is 12.4 Å². The number of carbonyl (C=O) groups is 3. The highest BCUT2D eigenvalue weighted by molar-refractivity contribution is 6.08. The molecule has 3 amide bonds. The maximum absolute atomic E-state index is 14.0. The molecule has 2 aromatic carbocycles. The lowest BCUT2D eigenvalue weighted by Crippen LogP contribution is -2.56. The molecule has 0 saturated carbocycles. The van der Waals surface area contributed by atoms with Crippen LogP contribution in [0.2, 0.25) is 0 Å². The molecule has 3 heterocycles. The summed E-state index contributed by atoms with van der Waals surface area (Å²) in [4.78, 5) is 45.5. The number of likely N-dealkylation sites (tertiary alicyclic amines) is 2. The second-order valence-corrected chi connectivity index (χ2v) is 11.7. The summed E-state index contributed by atoms with van der Waals surface area (Å²) in [6.45, 7) is 6.62. The highest BCUT2D eigenvalue weighted by atomic mass is 35.5. The molecular weight excluding hydrogens is 512 g/mol. The van der Waals surface area contributed by atoms with Gasteiger partial charge in [0.1, 0.15) is 0 Å². The Morgan fingerprint density at radius 2 is 1.64 bits per heavy atom. The largest absolute Gasteiger partial charge is 0.369 e. The third kappa shape index (κ3) is 5.85. The molecule has 210 valence electrons. The summed E-state index contributed by atoms with van der Waals surface area (Å²) >= 11 is 0. The van der Waals surface area contributed by atoms with Crippen LogP contribution in [0.1, 0.15) is 57.1 Å². The first-order valence-electron chi connectivity index (χ1n) is 14.1. The Hall–Kier alpha value is -2.90. The van der Waals surface area contributed by atoms with Crippen molar-refractivity contribution in [1.82, 2.24) is 9.80 Å². The van der Waals surface area contributed by atoms with E-state index in [-0.39, 0.29) is 48.1 Å². The van der Waals surface area contributed by atoms with E-state index < -0.39 is 5.41 Å². The number of amides is 3. The molecule has 5 rings (SSSR count). The molecular formula is C31H41ClN4O3. The molecule has 7 nitrogen and oxygen atoms in total. The number of nitrogens with zero attached hydrogens (tertiary/aromatic N) is 3. The van der Waals surface area contributed by atoms with E-state index in [2.05, 4.69) is 23.1 Å². The zero-order valence-electron chi connectivity index (χ0n) is 23.1. The number of aryl methyl sites for hydroxylation is 1. The van der Waals surface area contributed by atoms with E-state index in [1.54, 1.807) is 0 Å². The fourth-order valence-electron chi connectivity index (χ4n) is 6.59. The minimum atomic E-state index is -0.530. The van der Waals surface area contributed by atoms with Gasteiger partial charge in [-0.2, -0.15) is 0 Å². The van der Waals surface area contributed by atoms with Gasteiger partial charge in [-0.05, 0) is 76.1 Å². The summed E-state index contributed by atoms with van der Waals surface area (Å²) < 4.78 is 0. The minimum absolute atomic E-state index is 0. The maximum atomic E-state index is 14.0. The molecule has 2 fully saturated rings. The van der Waals surface area contributed by atoms with Gasteiger partial charge >= 0.3 is 0 Å². The molecule has 0 bridgehead atoms. The van der Waals surface area contributed by atoms with Crippen LogP contribution in [0.15, 0.2) is 54.6 Å². The van der Waals surface area contributed by atoms with Crippen molar-refractivity contribution in [2.45, 2.75) is 69.9 Å². The number of primary amides is 1. The van der Waals surface area contributed by atoms with Gasteiger partial charge in [0.05, 0.1) is 17.4 Å². The molecule has 3 aliphatic heterocycles. The Bertz CT molecular complexity index is 1180. The van der Waals surface area contributed by atoms with Gasteiger partial charge in [-0.25, -0.2) is 0 Å². The molecule has 2 aromatic rings. The number of benzene rings is 2. The van der Waals surface area contributed by atoms with Gasteiger partial charge in [-0.15, -0.1) is 12.4 Å². The molecule has 8 heteroatoms. The normalized spacial score (nSPS) is 22.2. The Morgan fingerprint density at radius 3 is 2.33 bits per heavy atom. The van der Waals surface area contributed by atoms with Crippen molar-refractivity contribution in [2.75, 3.05) is 31.1 Å². The van der Waals surface area contributed by atoms with E-state index >= 15 is 0 Å². The average molecular weight is 553 g/mol. The van der Waals surface area contributed by atoms with Crippen molar-refractivity contribution < 1.29 is 14.4 Å². The number of fused-ring (bicyclic) bond motifs is 1. The summed E-state index contributed by atoms with van der Waals surface area (Å²) in [6, 6.07) is 18.2. The molecule has 1 unspecified atom stereocenters. The second-order valence-electron chi connectivity index (χ2n) is 11.7. The first-order chi connectivity index (χ1) is 18.3. The van der Waals surface area contributed by atoms with Crippen LogP contribution < -0.4 is 10.6 Å². The lowest BCUT2D eigenvalue weighted by atomic mass is 9.86. The fraction of sp³-hybridized carbons (Fsp3) is 0.516. The Balaban J connectivity index is 0.00000353. The first-order valence-corrected chi connectivity index (χ1v) is 14.1. The molecule has 2 N–H and O–H groups in total. The quantitative estimate of drug-likeness (QED) is 0.564. The first kappa shape index (κ1) is 29.1. The van der Waals surface area contributed by atoms with Gasteiger partial charge in [-0.1, -0.05) is 48.5 Å². The number of hydrogen-bond acceptors (Lipinski definition) is 4. The highest BCUT2D eigenvalue weighted by Gasteiger charge is 2.47. The number of halogens is 1. The lowest BCUT2D eigenvalue weighted by Gasteiger charge is -2.42. The number of piperidine rings is 2. The van der Waals surface area contributed by atoms with Crippen LogP contribution in [0.5, 0.6) is 0 Å². The van der Waals surface area contributed by atoms with Crippen LogP contribution in [0.25, 0.3) is 0 Å². The van der Waals surface area contributed by atoms with Gasteiger partial charge in [0, 0.05) is 31.4 Å². The van der Waals surface area contributed by atoms with Gasteiger partial charge < -0.3 is 15.5 Å². The monoisotopic (exact) mass is 552 g/mol. The fourth-order valence-corrected chi connectivity index (χ4v) is 6.59. The molecule has 39 heavy (non-hydrogen) atoms. The predicted octanol–water partition coefficient (Wildman–Crippen LogP) is 3.92. The predicted molar refractivity (Wildman–Crippen MR) is 156 cm³/mol. The zero-order valence-corrected chi connectivity index (χ0v) is 23.9. The van der Waals surface area contributed by atoms with Gasteiger partial charge in [0.2, 0.25) is 17.7 Å². The molecule has 2 saturated heterocycles. The maximum Gasteiger partial charge on any atom is 0.239 e. The summed E-state index contributed by atoms with van der Waals surface area (Å²) in [6.07, 6.45) is 4.70. The Morgan fingerprint density at radius 1 is 0.974 bits per heavy atom. The van der Waals surface area contributed by atoms with E-state index in [1.807, 2.05) is 60.0 Å². The van der Waals surface area contributed by atoms with Crippen molar-refractivity contribution in [1.29, 1.82) is 0 Å². The highest BCUT2D eigenvalue weighted by Crippen LogP contribution is 2.43. The third-order valence-corrected chi connectivity index (χ3v) is 8.86. The van der Waals surface area contributed by atoms with Crippen LogP contribution in [-0.4, -0.2) is 65.8 Å². The molecule has 0 radical (unpaired) electrons. The standard InChI is InChI=1S/C31H40N4O3.ClH/c1-31(2)25-12-6-7-13-26(25)35(30(31)38)24-16-19-33(20-17-24)29(37)27(15-14-22-9-4-3-5-10-22)34-18-8-11-23(21-34)28(32)36;/h3-7,9-10,12-13,23-24,27H,8,11,14-21H2,1-2H3,(H2,32,36);1H/t23?,27-;/m0./s1.